The molecular weight excluding hydrogens is 484 g/mol. The Kier molecular flexibility index (Phi) is 4.90. The number of aliphatic hydroxyl groups is 4. The predicted molar refractivity (Wildman–Crippen MR) is 124 cm³/mol. The number of hydrogen-bond donors (Lipinski definition) is 4. The molecule has 37 heavy (non-hydrogen) atoms. The lowest BCUT2D eigenvalue weighted by Gasteiger charge is -2.66. The molecule has 0 amide bonds. The van der Waals surface area contributed by atoms with Gasteiger partial charge in [-0.15, -0.1) is 0 Å². The molecule has 1 spiro atoms. The van der Waals surface area contributed by atoms with Gasteiger partial charge in [0, 0.05) is 34.3 Å². The van der Waals surface area contributed by atoms with Crippen molar-refractivity contribution in [2.75, 3.05) is 7.11 Å². The highest BCUT2D eigenvalue weighted by molar-refractivity contribution is 5.85. The van der Waals surface area contributed by atoms with Gasteiger partial charge in [0.2, 0.25) is 0 Å². The second-order valence-electron chi connectivity index (χ2n) is 12.5. The van der Waals surface area contributed by atoms with Gasteiger partial charge in [-0.25, -0.2) is 9.59 Å². The molecule has 2 saturated heterocycles. The van der Waals surface area contributed by atoms with E-state index in [2.05, 4.69) is 0 Å². The van der Waals surface area contributed by atoms with Gasteiger partial charge in [0.05, 0.1) is 37.8 Å². The normalized spacial score (nSPS) is 50.0. The third kappa shape index (κ3) is 2.54. The minimum Gasteiger partial charge on any atom is -0.472 e. The van der Waals surface area contributed by atoms with E-state index >= 15 is 0 Å². The van der Waals surface area contributed by atoms with Gasteiger partial charge in [0.25, 0.3) is 0 Å². The standard InChI is InChI=1S/C27H34O10/c1-23(2)18(17(29)22(32)34-5)25(4)13-6-8-24(3)14(10-15(28)36-21(24)12-7-9-35-11-12)26(13)20(31)16(19(23)30)27(25,33)37-26/h7,9-11,13,16-21,29-31,33H,6,8H2,1-5H3/t13-,16-,17?,18+,19-,20-,21+,24-,25-,26-,27?/m1/s1. The van der Waals surface area contributed by atoms with E-state index in [9.17, 15) is 30.0 Å². The molecule has 0 aromatic carbocycles. The molecule has 1 aromatic rings. The molecule has 6 rings (SSSR count). The average molecular weight is 519 g/mol. The van der Waals surface area contributed by atoms with Crippen molar-refractivity contribution in [3.8, 4) is 0 Å². The van der Waals surface area contributed by atoms with Gasteiger partial charge in [0.15, 0.2) is 11.9 Å². The topological polar surface area (TPSA) is 156 Å². The van der Waals surface area contributed by atoms with E-state index in [1.54, 1.807) is 26.8 Å². The molecule has 5 aliphatic rings. The molecule has 1 aromatic heterocycles. The molecular formula is C27H34O10. The number of fused-ring (bicyclic) bond motifs is 2. The molecule has 0 radical (unpaired) electrons. The van der Waals surface area contributed by atoms with E-state index in [-0.39, 0.29) is 0 Å². The summed E-state index contributed by atoms with van der Waals surface area (Å²) < 4.78 is 22.4. The number of methoxy groups -OCH3 is 1. The molecule has 2 aliphatic carbocycles. The number of rotatable bonds is 3. The number of hydrogen-bond acceptors (Lipinski definition) is 10. The highest BCUT2D eigenvalue weighted by Crippen LogP contribution is 2.80. The summed E-state index contributed by atoms with van der Waals surface area (Å²) >= 11 is 0. The van der Waals surface area contributed by atoms with Crippen LogP contribution in [-0.4, -0.2) is 69.2 Å². The lowest BCUT2D eigenvalue weighted by molar-refractivity contribution is -0.333. The minimum absolute atomic E-state index is 0.429. The van der Waals surface area contributed by atoms with Crippen LogP contribution in [0, 0.1) is 34.0 Å². The lowest BCUT2D eigenvalue weighted by Crippen LogP contribution is -2.76. The van der Waals surface area contributed by atoms with Crippen molar-refractivity contribution in [3.05, 3.63) is 35.8 Å². The molecule has 10 nitrogen and oxygen atoms in total. The summed E-state index contributed by atoms with van der Waals surface area (Å²) in [4.78, 5) is 25.6. The Morgan fingerprint density at radius 2 is 1.89 bits per heavy atom. The van der Waals surface area contributed by atoms with Crippen LogP contribution in [0.1, 0.15) is 52.2 Å². The Balaban J connectivity index is 1.58. The van der Waals surface area contributed by atoms with E-state index in [1.807, 2.05) is 6.92 Å². The van der Waals surface area contributed by atoms with Gasteiger partial charge in [-0.1, -0.05) is 27.7 Å². The van der Waals surface area contributed by atoms with Crippen molar-refractivity contribution < 1.29 is 48.6 Å². The van der Waals surface area contributed by atoms with Crippen LogP contribution in [-0.2, 0) is 23.8 Å². The smallest absolute Gasteiger partial charge is 0.335 e. The first-order valence-corrected chi connectivity index (χ1v) is 12.7. The maximum Gasteiger partial charge on any atom is 0.335 e. The first-order valence-electron chi connectivity index (χ1n) is 12.7. The monoisotopic (exact) mass is 518 g/mol. The van der Waals surface area contributed by atoms with Gasteiger partial charge in [0.1, 0.15) is 11.7 Å². The van der Waals surface area contributed by atoms with Crippen molar-refractivity contribution in [3.63, 3.8) is 0 Å². The number of cyclic esters (lactones) is 1. The molecule has 2 saturated carbocycles. The van der Waals surface area contributed by atoms with Crippen molar-refractivity contribution in [1.82, 2.24) is 0 Å². The molecule has 2 bridgehead atoms. The SMILES string of the molecule is COC(=O)C(O)[C@H]1C(C)(C)[C@H](O)[C@@H]2[C@@H](O)[C@@]34OC2(O)[C@]1(C)[C@H]3CC[C@]1(C)C4=CC(=O)O[C@H]1c1ccoc1. The maximum absolute atomic E-state index is 12.9. The Bertz CT molecular complexity index is 1190. The summed E-state index contributed by atoms with van der Waals surface area (Å²) in [7, 11) is 1.17. The van der Waals surface area contributed by atoms with E-state index in [0.717, 1.165) is 0 Å². The number of carbonyl (C=O) groups is 2. The second-order valence-corrected chi connectivity index (χ2v) is 12.5. The Morgan fingerprint density at radius 3 is 2.51 bits per heavy atom. The Hall–Kier alpha value is -2.24. The highest BCUT2D eigenvalue weighted by Gasteiger charge is 2.89. The van der Waals surface area contributed by atoms with Crippen LogP contribution in [0.3, 0.4) is 0 Å². The van der Waals surface area contributed by atoms with E-state index in [4.69, 9.17) is 18.6 Å². The molecule has 2 unspecified atom stereocenters. The van der Waals surface area contributed by atoms with Crippen LogP contribution in [0.2, 0.25) is 0 Å². The summed E-state index contributed by atoms with van der Waals surface area (Å²) in [5.74, 6) is -6.33. The number of furan rings is 1. The first-order chi connectivity index (χ1) is 17.2. The first kappa shape index (κ1) is 25.1. The van der Waals surface area contributed by atoms with E-state index in [0.29, 0.717) is 24.0 Å². The summed E-state index contributed by atoms with van der Waals surface area (Å²) in [6, 6.07) is 1.72. The van der Waals surface area contributed by atoms with Crippen LogP contribution in [0.5, 0.6) is 0 Å². The van der Waals surface area contributed by atoms with Crippen molar-refractivity contribution in [2.24, 2.45) is 34.0 Å². The fourth-order valence-corrected chi connectivity index (χ4v) is 9.30. The lowest BCUT2D eigenvalue weighted by atomic mass is 9.37. The van der Waals surface area contributed by atoms with Crippen LogP contribution in [0.15, 0.2) is 34.7 Å². The number of esters is 2. The third-order valence-electron chi connectivity index (χ3n) is 10.8. The van der Waals surface area contributed by atoms with Gasteiger partial charge < -0.3 is 39.1 Å². The molecule has 4 heterocycles. The molecule has 4 N–H and O–H groups in total. The van der Waals surface area contributed by atoms with Crippen LogP contribution in [0.25, 0.3) is 0 Å². The molecule has 11 atom stereocenters. The largest absolute Gasteiger partial charge is 0.472 e. The molecule has 3 aliphatic heterocycles. The quantitative estimate of drug-likeness (QED) is 0.429. The highest BCUT2D eigenvalue weighted by atomic mass is 16.7. The van der Waals surface area contributed by atoms with E-state index in [1.165, 1.54) is 25.7 Å². The van der Waals surface area contributed by atoms with Gasteiger partial charge in [-0.05, 0) is 29.9 Å². The summed E-state index contributed by atoms with van der Waals surface area (Å²) in [6.07, 6.45) is 0.185. The number of carbonyl (C=O) groups excluding carboxylic acids is 2. The molecule has 4 fully saturated rings. The zero-order chi connectivity index (χ0) is 26.9. The Morgan fingerprint density at radius 1 is 1.19 bits per heavy atom. The molecule has 10 heteroatoms. The number of aliphatic hydroxyl groups excluding tert-OH is 3. The zero-order valence-electron chi connectivity index (χ0n) is 21.5. The average Bonchev–Trinajstić information content (AvgIpc) is 3.49. The van der Waals surface area contributed by atoms with Gasteiger partial charge in [-0.3, -0.25) is 0 Å². The number of ether oxygens (including phenoxy) is 3. The summed E-state index contributed by atoms with van der Waals surface area (Å²) in [6.45, 7) is 7.10. The second kappa shape index (κ2) is 7.24. The fourth-order valence-electron chi connectivity index (χ4n) is 9.30. The van der Waals surface area contributed by atoms with Gasteiger partial charge in [-0.2, -0.15) is 0 Å². The van der Waals surface area contributed by atoms with Crippen molar-refractivity contribution in [1.29, 1.82) is 0 Å². The maximum atomic E-state index is 12.9. The van der Waals surface area contributed by atoms with Crippen LogP contribution < -0.4 is 0 Å². The van der Waals surface area contributed by atoms with Crippen molar-refractivity contribution >= 4 is 11.9 Å². The van der Waals surface area contributed by atoms with Crippen LogP contribution in [0.4, 0.5) is 0 Å². The fraction of sp³-hybridized carbons (Fsp3) is 0.704. The molecule has 202 valence electrons. The van der Waals surface area contributed by atoms with E-state index < -0.39 is 81.7 Å². The zero-order valence-corrected chi connectivity index (χ0v) is 21.5. The van der Waals surface area contributed by atoms with Gasteiger partial charge >= 0.3 is 11.9 Å². The predicted octanol–water partition coefficient (Wildman–Crippen LogP) is 1.23. The Labute approximate surface area is 214 Å². The summed E-state index contributed by atoms with van der Waals surface area (Å²) in [5.41, 5.74) is -3.62. The third-order valence-corrected chi connectivity index (χ3v) is 10.8. The minimum atomic E-state index is -2.09. The van der Waals surface area contributed by atoms with Crippen molar-refractivity contribution in [2.45, 2.75) is 76.3 Å². The summed E-state index contributed by atoms with van der Waals surface area (Å²) in [5, 5.41) is 47.0. The van der Waals surface area contributed by atoms with Crippen LogP contribution >= 0.6 is 0 Å².